The second kappa shape index (κ2) is 5.33. The fourth-order valence-electron chi connectivity index (χ4n) is 1.78. The molecule has 1 atom stereocenters. The van der Waals surface area contributed by atoms with E-state index in [-0.39, 0.29) is 17.0 Å². The topological polar surface area (TPSA) is 41.1 Å². The van der Waals surface area contributed by atoms with Gasteiger partial charge in [0.25, 0.3) is 0 Å². The molecule has 17 heavy (non-hydrogen) atoms. The quantitative estimate of drug-likeness (QED) is 0.879. The molecule has 1 aliphatic rings. The molecule has 6 heteroatoms. The van der Waals surface area contributed by atoms with Crippen LogP contribution in [-0.2, 0) is 4.79 Å². The highest BCUT2D eigenvalue weighted by molar-refractivity contribution is 9.10. The zero-order valence-corrected chi connectivity index (χ0v) is 11.2. The maximum absolute atomic E-state index is 13.0. The summed E-state index contributed by atoms with van der Waals surface area (Å²) in [5.41, 5.74) is 0.409. The molecule has 1 fully saturated rings. The lowest BCUT2D eigenvalue weighted by Crippen LogP contribution is -2.35. The molecule has 0 unspecified atom stereocenters. The number of rotatable bonds is 2. The van der Waals surface area contributed by atoms with Crippen molar-refractivity contribution in [2.24, 2.45) is 0 Å². The van der Waals surface area contributed by atoms with Crippen molar-refractivity contribution in [1.29, 1.82) is 0 Å². The third kappa shape index (κ3) is 2.97. The van der Waals surface area contributed by atoms with Crippen molar-refractivity contribution in [3.05, 3.63) is 27.4 Å². The van der Waals surface area contributed by atoms with Crippen LogP contribution in [0.2, 0.25) is 5.02 Å². The van der Waals surface area contributed by atoms with Gasteiger partial charge in [0.05, 0.1) is 16.8 Å². The van der Waals surface area contributed by atoms with Crippen LogP contribution in [0.3, 0.4) is 0 Å². The minimum absolute atomic E-state index is 0.142. The summed E-state index contributed by atoms with van der Waals surface area (Å²) in [5.74, 6) is -0.587. The predicted molar refractivity (Wildman–Crippen MR) is 68.8 cm³/mol. The third-order valence-corrected chi connectivity index (χ3v) is 3.56. The van der Waals surface area contributed by atoms with E-state index in [1.54, 1.807) is 0 Å². The van der Waals surface area contributed by atoms with Crippen LogP contribution in [0.5, 0.6) is 0 Å². The highest BCUT2D eigenvalue weighted by Gasteiger charge is 2.23. The van der Waals surface area contributed by atoms with Crippen LogP contribution in [0.15, 0.2) is 16.6 Å². The molecule has 0 aliphatic carbocycles. The summed E-state index contributed by atoms with van der Waals surface area (Å²) in [6.07, 6.45) is 1.79. The van der Waals surface area contributed by atoms with E-state index in [9.17, 15) is 9.18 Å². The maximum atomic E-state index is 13.0. The van der Waals surface area contributed by atoms with Crippen LogP contribution in [0.1, 0.15) is 12.8 Å². The van der Waals surface area contributed by atoms with E-state index in [1.165, 1.54) is 12.1 Å². The van der Waals surface area contributed by atoms with E-state index in [2.05, 4.69) is 26.6 Å². The Kier molecular flexibility index (Phi) is 4.01. The van der Waals surface area contributed by atoms with Crippen LogP contribution in [0.4, 0.5) is 10.1 Å². The minimum Gasteiger partial charge on any atom is -0.322 e. The lowest BCUT2D eigenvalue weighted by atomic mass is 10.2. The van der Waals surface area contributed by atoms with Crippen LogP contribution >= 0.6 is 27.5 Å². The Balaban J connectivity index is 2.15. The van der Waals surface area contributed by atoms with Crippen molar-refractivity contribution in [3.8, 4) is 0 Å². The van der Waals surface area contributed by atoms with Crippen LogP contribution < -0.4 is 10.6 Å². The van der Waals surface area contributed by atoms with E-state index < -0.39 is 5.82 Å². The SMILES string of the molecule is O=C(Nc1c(Cl)cc(F)cc1Br)[C@@H]1CCCN1. The summed E-state index contributed by atoms with van der Waals surface area (Å²) >= 11 is 9.06. The van der Waals surface area contributed by atoms with Crippen molar-refractivity contribution < 1.29 is 9.18 Å². The number of halogens is 3. The van der Waals surface area contributed by atoms with E-state index >= 15 is 0 Å². The van der Waals surface area contributed by atoms with Gasteiger partial charge in [0, 0.05) is 4.47 Å². The molecule has 0 spiro atoms. The number of anilines is 1. The number of benzene rings is 1. The number of amides is 1. The van der Waals surface area contributed by atoms with Crippen LogP contribution in [-0.4, -0.2) is 18.5 Å². The monoisotopic (exact) mass is 320 g/mol. The first-order valence-electron chi connectivity index (χ1n) is 5.26. The first-order valence-corrected chi connectivity index (χ1v) is 6.44. The maximum Gasteiger partial charge on any atom is 0.241 e. The molecule has 1 aromatic carbocycles. The molecule has 1 saturated heterocycles. The van der Waals surface area contributed by atoms with Crippen LogP contribution in [0.25, 0.3) is 0 Å². The smallest absolute Gasteiger partial charge is 0.241 e. The second-order valence-electron chi connectivity index (χ2n) is 3.88. The molecule has 0 radical (unpaired) electrons. The van der Waals surface area contributed by atoms with Crippen molar-refractivity contribution in [2.75, 3.05) is 11.9 Å². The van der Waals surface area contributed by atoms with E-state index in [1.807, 2.05) is 0 Å². The third-order valence-electron chi connectivity index (χ3n) is 2.63. The standard InChI is InChI=1S/C11H11BrClFN2O/c12-7-4-6(14)5-8(13)10(7)16-11(17)9-2-1-3-15-9/h4-5,9,15H,1-3H2,(H,16,17)/t9-/m0/s1. The number of nitrogens with one attached hydrogen (secondary N) is 2. The molecule has 0 bridgehead atoms. The Labute approximate surface area is 112 Å². The highest BCUT2D eigenvalue weighted by atomic mass is 79.9. The summed E-state index contributed by atoms with van der Waals surface area (Å²) in [6.45, 7) is 0.844. The van der Waals surface area contributed by atoms with Gasteiger partial charge in [0.1, 0.15) is 5.82 Å². The van der Waals surface area contributed by atoms with Gasteiger partial charge in [-0.1, -0.05) is 11.6 Å². The number of hydrogen-bond acceptors (Lipinski definition) is 2. The molecular formula is C11H11BrClFN2O. The summed E-state index contributed by atoms with van der Waals surface area (Å²) < 4.78 is 13.4. The second-order valence-corrected chi connectivity index (χ2v) is 5.14. The summed E-state index contributed by atoms with van der Waals surface area (Å²) in [7, 11) is 0. The van der Waals surface area contributed by atoms with Crippen LogP contribution in [0, 0.1) is 5.82 Å². The molecule has 1 aliphatic heterocycles. The van der Waals surface area contributed by atoms with Crippen molar-refractivity contribution >= 4 is 39.1 Å². The van der Waals surface area contributed by atoms with Gasteiger partial charge in [0.15, 0.2) is 0 Å². The first kappa shape index (κ1) is 12.8. The van der Waals surface area contributed by atoms with Gasteiger partial charge in [-0.3, -0.25) is 4.79 Å². The van der Waals surface area contributed by atoms with Crippen molar-refractivity contribution in [2.45, 2.75) is 18.9 Å². The van der Waals surface area contributed by atoms with Gasteiger partial charge in [-0.15, -0.1) is 0 Å². The fraction of sp³-hybridized carbons (Fsp3) is 0.364. The Hall–Kier alpha value is -0.650. The van der Waals surface area contributed by atoms with Gasteiger partial charge < -0.3 is 10.6 Å². The van der Waals surface area contributed by atoms with E-state index in [0.29, 0.717) is 10.2 Å². The number of hydrogen-bond donors (Lipinski definition) is 2. The normalized spacial score (nSPS) is 19.4. The molecular weight excluding hydrogens is 310 g/mol. The average molecular weight is 322 g/mol. The van der Waals surface area contributed by atoms with Gasteiger partial charge in [0.2, 0.25) is 5.91 Å². The summed E-state index contributed by atoms with van der Waals surface area (Å²) in [6, 6.07) is 2.25. The molecule has 92 valence electrons. The lowest BCUT2D eigenvalue weighted by molar-refractivity contribution is -0.117. The largest absolute Gasteiger partial charge is 0.322 e. The Bertz CT molecular complexity index is 426. The summed E-state index contributed by atoms with van der Waals surface area (Å²) in [5, 5.41) is 5.97. The molecule has 3 nitrogen and oxygen atoms in total. The molecule has 2 rings (SSSR count). The minimum atomic E-state index is -0.445. The van der Waals surface area contributed by atoms with Gasteiger partial charge in [-0.25, -0.2) is 4.39 Å². The molecule has 1 aromatic rings. The Morgan fingerprint density at radius 3 is 2.94 bits per heavy atom. The van der Waals surface area contributed by atoms with E-state index in [4.69, 9.17) is 11.6 Å². The Morgan fingerprint density at radius 2 is 2.35 bits per heavy atom. The lowest BCUT2D eigenvalue weighted by Gasteiger charge is -2.13. The van der Waals surface area contributed by atoms with Gasteiger partial charge in [-0.05, 0) is 47.4 Å². The highest BCUT2D eigenvalue weighted by Crippen LogP contribution is 2.31. The molecule has 1 amide bonds. The zero-order chi connectivity index (χ0) is 12.4. The molecule has 0 aromatic heterocycles. The summed E-state index contributed by atoms with van der Waals surface area (Å²) in [4.78, 5) is 11.9. The zero-order valence-electron chi connectivity index (χ0n) is 8.90. The molecule has 2 N–H and O–H groups in total. The van der Waals surface area contributed by atoms with Gasteiger partial charge in [-0.2, -0.15) is 0 Å². The Morgan fingerprint density at radius 1 is 1.59 bits per heavy atom. The predicted octanol–water partition coefficient (Wildman–Crippen LogP) is 2.93. The average Bonchev–Trinajstić information content (AvgIpc) is 2.76. The van der Waals surface area contributed by atoms with E-state index in [0.717, 1.165) is 19.4 Å². The van der Waals surface area contributed by atoms with Gasteiger partial charge >= 0.3 is 0 Å². The van der Waals surface area contributed by atoms with Crippen molar-refractivity contribution in [1.82, 2.24) is 5.32 Å². The number of carbonyl (C=O) groups is 1. The van der Waals surface area contributed by atoms with Crippen molar-refractivity contribution in [3.63, 3.8) is 0 Å². The fourth-order valence-corrected chi connectivity index (χ4v) is 2.68. The molecule has 1 heterocycles. The molecule has 0 saturated carbocycles. The first-order chi connectivity index (χ1) is 8.08. The number of carbonyl (C=O) groups excluding carboxylic acids is 1.